The molecule has 6 nitrogen and oxygen atoms in total. The second kappa shape index (κ2) is 9.94. The molecule has 0 fully saturated rings. The second-order valence-electron chi connectivity index (χ2n) is 4.92. The third-order valence-corrected chi connectivity index (χ3v) is 3.46. The van der Waals surface area contributed by atoms with E-state index in [4.69, 9.17) is 16.3 Å². The summed E-state index contributed by atoms with van der Waals surface area (Å²) >= 11 is 5.63. The van der Waals surface area contributed by atoms with Crippen LogP contribution < -0.4 is 9.64 Å². The van der Waals surface area contributed by atoms with Crippen molar-refractivity contribution in [2.45, 2.75) is 26.7 Å². The van der Waals surface area contributed by atoms with Crippen LogP contribution >= 0.6 is 11.6 Å². The van der Waals surface area contributed by atoms with Crippen molar-refractivity contribution in [3.8, 4) is 5.75 Å². The van der Waals surface area contributed by atoms with Gasteiger partial charge in [0, 0.05) is 31.6 Å². The van der Waals surface area contributed by atoms with Gasteiger partial charge in [0.2, 0.25) is 0 Å². The van der Waals surface area contributed by atoms with E-state index in [-0.39, 0.29) is 12.4 Å². The molecule has 0 aliphatic heterocycles. The monoisotopic (exact) mass is 342 g/mol. The van der Waals surface area contributed by atoms with Crippen molar-refractivity contribution >= 4 is 29.5 Å². The van der Waals surface area contributed by atoms with Crippen LogP contribution in [0.3, 0.4) is 0 Å². The van der Waals surface area contributed by atoms with Crippen LogP contribution in [0.2, 0.25) is 0 Å². The van der Waals surface area contributed by atoms with Gasteiger partial charge in [-0.3, -0.25) is 4.90 Å². The highest BCUT2D eigenvalue weighted by atomic mass is 35.5. The summed E-state index contributed by atoms with van der Waals surface area (Å²) < 4.78 is 5.35. The fourth-order valence-electron chi connectivity index (χ4n) is 2.03. The standard InChI is InChI=1S/C16H23ClN2O4/c1-3-5-10-18(4-2)16(22)23-14-8-6-7-13(12-14)19(11-9-17)15(20)21/h6-8,12H,3-5,9-11H2,1-2H3,(H,20,21). The summed E-state index contributed by atoms with van der Waals surface area (Å²) in [6.45, 7) is 5.30. The SMILES string of the molecule is CCCCN(CC)C(=O)Oc1cccc(N(CCCl)C(=O)O)c1. The van der Waals surface area contributed by atoms with Crippen LogP contribution in [0.15, 0.2) is 24.3 Å². The topological polar surface area (TPSA) is 70.1 Å². The lowest BCUT2D eigenvalue weighted by atomic mass is 10.3. The Hall–Kier alpha value is -1.95. The molecule has 0 spiro atoms. The molecule has 0 aliphatic rings. The summed E-state index contributed by atoms with van der Waals surface area (Å²) in [6, 6.07) is 6.42. The molecule has 0 bridgehead atoms. The van der Waals surface area contributed by atoms with E-state index in [1.165, 1.54) is 6.07 Å². The quantitative estimate of drug-likeness (QED) is 0.724. The highest BCUT2D eigenvalue weighted by Crippen LogP contribution is 2.22. The molecular weight excluding hydrogens is 320 g/mol. The van der Waals surface area contributed by atoms with Crippen molar-refractivity contribution in [2.24, 2.45) is 0 Å². The second-order valence-corrected chi connectivity index (χ2v) is 5.30. The van der Waals surface area contributed by atoms with E-state index in [2.05, 4.69) is 6.92 Å². The molecule has 0 aliphatic carbocycles. The van der Waals surface area contributed by atoms with Gasteiger partial charge in [0.05, 0.1) is 5.69 Å². The molecule has 7 heteroatoms. The Bertz CT molecular complexity index is 525. The molecule has 1 rings (SSSR count). The van der Waals surface area contributed by atoms with Gasteiger partial charge in [0.25, 0.3) is 0 Å². The summed E-state index contributed by atoms with van der Waals surface area (Å²) in [5.41, 5.74) is 0.417. The largest absolute Gasteiger partial charge is 0.465 e. The highest BCUT2D eigenvalue weighted by molar-refractivity contribution is 6.18. The zero-order valence-corrected chi connectivity index (χ0v) is 14.3. The molecule has 128 valence electrons. The summed E-state index contributed by atoms with van der Waals surface area (Å²) in [5, 5.41) is 9.21. The number of ether oxygens (including phenoxy) is 1. The number of alkyl halides is 1. The van der Waals surface area contributed by atoms with Crippen LogP contribution in [0.4, 0.5) is 15.3 Å². The smallest absolute Gasteiger partial charge is 0.415 e. The van der Waals surface area contributed by atoms with Crippen molar-refractivity contribution in [1.29, 1.82) is 0 Å². The summed E-state index contributed by atoms with van der Waals surface area (Å²) in [7, 11) is 0. The van der Waals surface area contributed by atoms with E-state index in [1.54, 1.807) is 23.1 Å². The minimum Gasteiger partial charge on any atom is -0.465 e. The van der Waals surface area contributed by atoms with Crippen LogP contribution in [0, 0.1) is 0 Å². The third kappa shape index (κ3) is 5.98. The van der Waals surface area contributed by atoms with E-state index < -0.39 is 12.2 Å². The van der Waals surface area contributed by atoms with Crippen molar-refractivity contribution in [3.63, 3.8) is 0 Å². The number of nitrogens with zero attached hydrogens (tertiary/aromatic N) is 2. The van der Waals surface area contributed by atoms with Crippen molar-refractivity contribution < 1.29 is 19.4 Å². The van der Waals surface area contributed by atoms with Crippen LogP contribution in [0.25, 0.3) is 0 Å². The molecule has 0 heterocycles. The summed E-state index contributed by atoms with van der Waals surface area (Å²) in [5.74, 6) is 0.486. The number of carbonyl (C=O) groups is 2. The molecule has 1 aromatic carbocycles. The molecule has 23 heavy (non-hydrogen) atoms. The molecule has 1 aromatic rings. The lowest BCUT2D eigenvalue weighted by Crippen LogP contribution is -2.34. The molecule has 0 aromatic heterocycles. The van der Waals surface area contributed by atoms with Crippen LogP contribution in [0.5, 0.6) is 5.75 Å². The van der Waals surface area contributed by atoms with Crippen LogP contribution in [0.1, 0.15) is 26.7 Å². The number of carboxylic acid groups (broad SMARTS) is 1. The Kier molecular flexibility index (Phi) is 8.26. The van der Waals surface area contributed by atoms with Crippen molar-refractivity contribution in [1.82, 2.24) is 4.90 Å². The van der Waals surface area contributed by atoms with Crippen molar-refractivity contribution in [2.75, 3.05) is 30.4 Å². The summed E-state index contributed by atoms with van der Waals surface area (Å²) in [4.78, 5) is 26.1. The number of hydrogen-bond acceptors (Lipinski definition) is 3. The predicted molar refractivity (Wildman–Crippen MR) is 90.7 cm³/mol. The summed E-state index contributed by atoms with van der Waals surface area (Å²) in [6.07, 6.45) is 0.362. The van der Waals surface area contributed by atoms with Gasteiger partial charge in [-0.05, 0) is 25.5 Å². The zero-order chi connectivity index (χ0) is 17.2. The lowest BCUT2D eigenvalue weighted by Gasteiger charge is -2.21. The first-order valence-electron chi connectivity index (χ1n) is 7.66. The number of benzene rings is 1. The number of hydrogen-bond donors (Lipinski definition) is 1. The predicted octanol–water partition coefficient (Wildman–Crippen LogP) is 4.03. The molecular formula is C16H23ClN2O4. The number of rotatable bonds is 8. The van der Waals surface area contributed by atoms with E-state index in [9.17, 15) is 14.7 Å². The van der Waals surface area contributed by atoms with Gasteiger partial charge >= 0.3 is 12.2 Å². The van der Waals surface area contributed by atoms with Gasteiger partial charge in [-0.1, -0.05) is 19.4 Å². The molecule has 0 atom stereocenters. The van der Waals surface area contributed by atoms with E-state index in [0.29, 0.717) is 24.5 Å². The van der Waals surface area contributed by atoms with Crippen LogP contribution in [-0.2, 0) is 0 Å². The maximum atomic E-state index is 12.1. The van der Waals surface area contributed by atoms with E-state index in [0.717, 1.165) is 17.7 Å². The van der Waals surface area contributed by atoms with Gasteiger partial charge < -0.3 is 14.7 Å². The Morgan fingerprint density at radius 2 is 2.00 bits per heavy atom. The van der Waals surface area contributed by atoms with Gasteiger partial charge in [0.1, 0.15) is 5.75 Å². The Balaban J connectivity index is 2.83. The average molecular weight is 343 g/mol. The molecule has 0 saturated heterocycles. The Labute approximate surface area is 141 Å². The van der Waals surface area contributed by atoms with Gasteiger partial charge in [-0.15, -0.1) is 11.6 Å². The van der Waals surface area contributed by atoms with Crippen LogP contribution in [-0.4, -0.2) is 47.7 Å². The number of amides is 2. The maximum Gasteiger partial charge on any atom is 0.415 e. The number of unbranched alkanes of at least 4 members (excludes halogenated alkanes) is 1. The molecule has 0 saturated carbocycles. The third-order valence-electron chi connectivity index (χ3n) is 3.29. The minimum absolute atomic E-state index is 0.159. The molecule has 1 N–H and O–H groups in total. The zero-order valence-electron chi connectivity index (χ0n) is 13.5. The first-order valence-corrected chi connectivity index (χ1v) is 8.20. The lowest BCUT2D eigenvalue weighted by molar-refractivity contribution is 0.154. The van der Waals surface area contributed by atoms with E-state index in [1.807, 2.05) is 6.92 Å². The Morgan fingerprint density at radius 3 is 2.57 bits per heavy atom. The normalized spacial score (nSPS) is 10.2. The Morgan fingerprint density at radius 1 is 1.26 bits per heavy atom. The highest BCUT2D eigenvalue weighted by Gasteiger charge is 2.17. The van der Waals surface area contributed by atoms with E-state index >= 15 is 0 Å². The number of anilines is 1. The number of carbonyl (C=O) groups excluding carboxylic acids is 1. The van der Waals surface area contributed by atoms with Gasteiger partial charge in [-0.2, -0.15) is 0 Å². The fourth-order valence-corrected chi connectivity index (χ4v) is 2.20. The fraction of sp³-hybridized carbons (Fsp3) is 0.500. The van der Waals surface area contributed by atoms with Crippen molar-refractivity contribution in [3.05, 3.63) is 24.3 Å². The maximum absolute atomic E-state index is 12.1. The first-order chi connectivity index (χ1) is 11.0. The molecule has 0 unspecified atom stereocenters. The number of halogens is 1. The van der Waals surface area contributed by atoms with Gasteiger partial charge in [0.15, 0.2) is 0 Å². The molecule has 2 amide bonds. The minimum atomic E-state index is -1.10. The van der Waals surface area contributed by atoms with Gasteiger partial charge in [-0.25, -0.2) is 9.59 Å². The first kappa shape index (κ1) is 19.1. The molecule has 0 radical (unpaired) electrons. The average Bonchev–Trinajstić information content (AvgIpc) is 2.53.